The highest BCUT2D eigenvalue weighted by molar-refractivity contribution is 7.91. The van der Waals surface area contributed by atoms with Crippen molar-refractivity contribution < 1.29 is 13.2 Å². The van der Waals surface area contributed by atoms with Gasteiger partial charge in [0, 0.05) is 18.4 Å². The molecule has 3 rings (SSSR count). The second-order valence-corrected chi connectivity index (χ2v) is 9.24. The third-order valence-corrected chi connectivity index (χ3v) is 6.34. The monoisotopic (exact) mass is 393 g/mol. The molecule has 1 fully saturated rings. The summed E-state index contributed by atoms with van der Waals surface area (Å²) in [6.45, 7) is 3.82. The van der Waals surface area contributed by atoms with Crippen LogP contribution in [0.5, 0.6) is 0 Å². The van der Waals surface area contributed by atoms with Crippen LogP contribution >= 0.6 is 11.6 Å². The number of aromatic nitrogens is 1. The van der Waals surface area contributed by atoms with Crippen LogP contribution in [-0.2, 0) is 9.84 Å². The summed E-state index contributed by atoms with van der Waals surface area (Å²) in [5.41, 5.74) is 3.45. The summed E-state index contributed by atoms with van der Waals surface area (Å²) in [5.74, 6) is -0.0422. The quantitative estimate of drug-likeness (QED) is 0.832. The van der Waals surface area contributed by atoms with Gasteiger partial charge >= 0.3 is 0 Å². The van der Waals surface area contributed by atoms with E-state index in [-0.39, 0.29) is 23.5 Å². The van der Waals surface area contributed by atoms with Crippen molar-refractivity contribution in [2.75, 3.05) is 22.1 Å². The zero-order chi connectivity index (χ0) is 18.9. The number of nitrogens with zero attached hydrogens (tertiary/aromatic N) is 1. The molecule has 0 saturated carbocycles. The first-order chi connectivity index (χ1) is 12.2. The Kier molecular flexibility index (Phi) is 5.20. The van der Waals surface area contributed by atoms with E-state index < -0.39 is 9.84 Å². The topological polar surface area (TPSA) is 88.2 Å². The number of carbonyl (C=O) groups is 1. The smallest absolute Gasteiger partial charge is 0.257 e. The molecule has 0 aliphatic carbocycles. The van der Waals surface area contributed by atoms with Crippen molar-refractivity contribution in [3.05, 3.63) is 52.3 Å². The fourth-order valence-corrected chi connectivity index (χ4v) is 5.09. The third kappa shape index (κ3) is 4.34. The lowest BCUT2D eigenvalue weighted by Gasteiger charge is -2.14. The van der Waals surface area contributed by atoms with Crippen molar-refractivity contribution in [3.8, 4) is 0 Å². The Bertz CT molecular complexity index is 937. The third-order valence-electron chi connectivity index (χ3n) is 4.27. The Morgan fingerprint density at radius 2 is 2.00 bits per heavy atom. The molecule has 6 nitrogen and oxygen atoms in total. The van der Waals surface area contributed by atoms with Crippen LogP contribution in [-0.4, -0.2) is 36.9 Å². The molecule has 1 saturated heterocycles. The average molecular weight is 394 g/mol. The number of hydrogen-bond donors (Lipinski definition) is 2. The number of rotatable bonds is 4. The van der Waals surface area contributed by atoms with Crippen LogP contribution in [0.15, 0.2) is 30.6 Å². The summed E-state index contributed by atoms with van der Waals surface area (Å²) in [6.07, 6.45) is 3.59. The molecule has 0 radical (unpaired) electrons. The van der Waals surface area contributed by atoms with E-state index in [9.17, 15) is 13.2 Å². The number of aryl methyl sites for hydroxylation is 2. The van der Waals surface area contributed by atoms with Crippen molar-refractivity contribution in [2.45, 2.75) is 26.3 Å². The van der Waals surface area contributed by atoms with Crippen LogP contribution in [0.2, 0.25) is 5.02 Å². The van der Waals surface area contributed by atoms with E-state index in [4.69, 9.17) is 11.6 Å². The summed E-state index contributed by atoms with van der Waals surface area (Å²) in [7, 11) is -2.97. The van der Waals surface area contributed by atoms with Gasteiger partial charge in [0.25, 0.3) is 5.91 Å². The maximum Gasteiger partial charge on any atom is 0.257 e. The second-order valence-electron chi connectivity index (χ2n) is 6.60. The van der Waals surface area contributed by atoms with Crippen LogP contribution in [0.4, 0.5) is 11.4 Å². The number of hydrogen-bond acceptors (Lipinski definition) is 5. The Hall–Kier alpha value is -2.12. The second kappa shape index (κ2) is 7.25. The first-order valence-corrected chi connectivity index (χ1v) is 10.4. The molecular formula is C18H20ClN3O3S. The standard InChI is InChI=1S/C18H20ClN3O3S/c1-11-5-12(2)17(16(19)6-11)22-18(23)13-7-15(9-20-8-13)21-14-3-4-26(24,25)10-14/h5-9,14,21H,3-4,10H2,1-2H3,(H,22,23). The minimum atomic E-state index is -2.97. The number of halogens is 1. The van der Waals surface area contributed by atoms with Gasteiger partial charge in [-0.3, -0.25) is 9.78 Å². The maximum absolute atomic E-state index is 12.6. The van der Waals surface area contributed by atoms with Gasteiger partial charge in [-0.1, -0.05) is 17.7 Å². The van der Waals surface area contributed by atoms with Crippen LogP contribution in [0.1, 0.15) is 27.9 Å². The fourth-order valence-electron chi connectivity index (χ4n) is 3.05. The summed E-state index contributed by atoms with van der Waals surface area (Å²) < 4.78 is 23.1. The molecule has 8 heteroatoms. The number of sulfone groups is 1. The van der Waals surface area contributed by atoms with Crippen molar-refractivity contribution in [2.24, 2.45) is 0 Å². The normalized spacial score (nSPS) is 18.5. The number of anilines is 2. The summed E-state index contributed by atoms with van der Waals surface area (Å²) in [5, 5.41) is 6.44. The predicted molar refractivity (Wildman–Crippen MR) is 104 cm³/mol. The van der Waals surface area contributed by atoms with E-state index >= 15 is 0 Å². The van der Waals surface area contributed by atoms with Crippen molar-refractivity contribution in [3.63, 3.8) is 0 Å². The van der Waals surface area contributed by atoms with Gasteiger partial charge in [-0.2, -0.15) is 0 Å². The van der Waals surface area contributed by atoms with Gasteiger partial charge in [-0.25, -0.2) is 8.42 Å². The number of nitrogens with one attached hydrogen (secondary N) is 2. The van der Waals surface area contributed by atoms with E-state index in [1.807, 2.05) is 19.9 Å². The van der Waals surface area contributed by atoms with E-state index in [1.165, 1.54) is 6.20 Å². The molecule has 2 heterocycles. The summed E-state index contributed by atoms with van der Waals surface area (Å²) in [4.78, 5) is 16.6. The number of amides is 1. The molecule has 138 valence electrons. The highest BCUT2D eigenvalue weighted by Crippen LogP contribution is 2.28. The van der Waals surface area contributed by atoms with Crippen molar-refractivity contribution >= 4 is 38.7 Å². The molecular weight excluding hydrogens is 374 g/mol. The minimum Gasteiger partial charge on any atom is -0.380 e. The van der Waals surface area contributed by atoms with Gasteiger partial charge < -0.3 is 10.6 Å². The Labute approximate surface area is 157 Å². The minimum absolute atomic E-state index is 0.0988. The molecule has 1 aliphatic heterocycles. The lowest BCUT2D eigenvalue weighted by Crippen LogP contribution is -2.21. The van der Waals surface area contributed by atoms with E-state index in [0.29, 0.717) is 28.4 Å². The largest absolute Gasteiger partial charge is 0.380 e. The highest BCUT2D eigenvalue weighted by atomic mass is 35.5. The van der Waals surface area contributed by atoms with E-state index in [0.717, 1.165) is 11.1 Å². The number of pyridine rings is 1. The molecule has 1 unspecified atom stereocenters. The molecule has 0 bridgehead atoms. The Balaban J connectivity index is 1.75. The first-order valence-electron chi connectivity index (χ1n) is 8.23. The highest BCUT2D eigenvalue weighted by Gasteiger charge is 2.27. The molecule has 0 spiro atoms. The fraction of sp³-hybridized carbons (Fsp3) is 0.333. The Morgan fingerprint density at radius 3 is 2.65 bits per heavy atom. The van der Waals surface area contributed by atoms with Gasteiger partial charge in [0.1, 0.15) is 0 Å². The van der Waals surface area contributed by atoms with Crippen molar-refractivity contribution in [1.29, 1.82) is 0 Å². The van der Waals surface area contributed by atoms with Gasteiger partial charge in [0.15, 0.2) is 9.84 Å². The molecule has 26 heavy (non-hydrogen) atoms. The SMILES string of the molecule is Cc1cc(C)c(NC(=O)c2cncc(NC3CCS(=O)(=O)C3)c2)c(Cl)c1. The van der Waals surface area contributed by atoms with Crippen LogP contribution in [0.3, 0.4) is 0 Å². The maximum atomic E-state index is 12.6. The van der Waals surface area contributed by atoms with Gasteiger partial charge in [0.05, 0.1) is 33.5 Å². The lowest BCUT2D eigenvalue weighted by atomic mass is 10.1. The lowest BCUT2D eigenvalue weighted by molar-refractivity contribution is 0.102. The van der Waals surface area contributed by atoms with Gasteiger partial charge in [0.2, 0.25) is 0 Å². The molecule has 1 aromatic carbocycles. The average Bonchev–Trinajstić information content (AvgIpc) is 2.89. The molecule has 1 amide bonds. The number of carbonyl (C=O) groups excluding carboxylic acids is 1. The van der Waals surface area contributed by atoms with Crippen LogP contribution < -0.4 is 10.6 Å². The molecule has 2 aromatic rings. The predicted octanol–water partition coefficient (Wildman–Crippen LogP) is 3.20. The molecule has 1 atom stereocenters. The number of benzene rings is 1. The van der Waals surface area contributed by atoms with E-state index in [2.05, 4.69) is 15.6 Å². The first kappa shape index (κ1) is 18.7. The summed E-state index contributed by atoms with van der Waals surface area (Å²) in [6, 6.07) is 5.23. The molecule has 1 aromatic heterocycles. The molecule has 2 N–H and O–H groups in total. The van der Waals surface area contributed by atoms with Gasteiger partial charge in [-0.15, -0.1) is 0 Å². The van der Waals surface area contributed by atoms with E-state index in [1.54, 1.807) is 18.3 Å². The summed E-state index contributed by atoms with van der Waals surface area (Å²) >= 11 is 6.24. The molecule has 1 aliphatic rings. The zero-order valence-corrected chi connectivity index (χ0v) is 16.1. The Morgan fingerprint density at radius 1 is 1.23 bits per heavy atom. The van der Waals surface area contributed by atoms with Crippen molar-refractivity contribution in [1.82, 2.24) is 4.98 Å². The van der Waals surface area contributed by atoms with Crippen LogP contribution in [0, 0.1) is 13.8 Å². The zero-order valence-electron chi connectivity index (χ0n) is 14.5. The van der Waals surface area contributed by atoms with Gasteiger partial charge in [-0.05, 0) is 43.5 Å². The van der Waals surface area contributed by atoms with Crippen LogP contribution in [0.25, 0.3) is 0 Å².